The predicted molar refractivity (Wildman–Crippen MR) is 146 cm³/mol. The van der Waals surface area contributed by atoms with Gasteiger partial charge >= 0.3 is 0 Å². The average molecular weight is 513 g/mol. The Labute approximate surface area is 221 Å². The number of unbranched alkanes of at least 4 members (excludes halogenated alkanes) is 3. The molecule has 2 amide bonds. The maximum atomic E-state index is 13.7. The van der Waals surface area contributed by atoms with E-state index in [1.807, 2.05) is 54.6 Å². The van der Waals surface area contributed by atoms with Crippen molar-refractivity contribution in [3.63, 3.8) is 0 Å². The summed E-state index contributed by atoms with van der Waals surface area (Å²) < 4.78 is 5.90. The molecule has 0 unspecified atom stereocenters. The minimum Gasteiger partial charge on any atom is -0.494 e. The van der Waals surface area contributed by atoms with Crippen molar-refractivity contribution < 1.29 is 14.3 Å². The van der Waals surface area contributed by atoms with Crippen LogP contribution >= 0.6 is 11.6 Å². The molecule has 0 spiro atoms. The number of carbonyl (C=O) groups excluding carboxylic acids is 2. The highest BCUT2D eigenvalue weighted by Crippen LogP contribution is 2.26. The van der Waals surface area contributed by atoms with Crippen LogP contribution < -0.4 is 10.1 Å². The number of hydrogen-bond donors (Lipinski definition) is 1. The molecule has 2 aromatic carbocycles. The molecule has 6 heteroatoms. The van der Waals surface area contributed by atoms with Crippen molar-refractivity contribution in [3.05, 3.63) is 65.7 Å². The molecule has 0 radical (unpaired) electrons. The second-order valence-electron chi connectivity index (χ2n) is 9.68. The smallest absolute Gasteiger partial charge is 0.247 e. The first-order chi connectivity index (χ1) is 17.6. The van der Waals surface area contributed by atoms with Crippen LogP contribution in [0.3, 0.4) is 0 Å². The van der Waals surface area contributed by atoms with E-state index >= 15 is 0 Å². The Kier molecular flexibility index (Phi) is 12.1. The van der Waals surface area contributed by atoms with Gasteiger partial charge in [-0.05, 0) is 48.9 Å². The van der Waals surface area contributed by atoms with Gasteiger partial charge < -0.3 is 15.0 Å². The average Bonchev–Trinajstić information content (AvgIpc) is 2.92. The molecular formula is C30H41ClN2O3. The van der Waals surface area contributed by atoms with Crippen molar-refractivity contribution in [3.8, 4) is 5.75 Å². The topological polar surface area (TPSA) is 58.6 Å². The number of nitrogens with one attached hydrogen (secondary N) is 1. The number of alkyl halides is 1. The summed E-state index contributed by atoms with van der Waals surface area (Å²) in [4.78, 5) is 28.3. The number of nitrogens with zero attached hydrogens (tertiary/aromatic N) is 1. The molecule has 1 aliphatic rings. The first kappa shape index (κ1) is 28.0. The zero-order valence-electron chi connectivity index (χ0n) is 21.6. The Morgan fingerprint density at radius 1 is 1.00 bits per heavy atom. The molecule has 1 atom stereocenters. The number of halogens is 1. The lowest BCUT2D eigenvalue weighted by atomic mass is 9.94. The highest BCUT2D eigenvalue weighted by Gasteiger charge is 2.32. The largest absolute Gasteiger partial charge is 0.494 e. The summed E-state index contributed by atoms with van der Waals surface area (Å²) in [5.41, 5.74) is 1.89. The number of rotatable bonds is 14. The van der Waals surface area contributed by atoms with Crippen LogP contribution in [0.15, 0.2) is 54.6 Å². The fraction of sp³-hybridized carbons (Fsp3) is 0.533. The molecule has 1 N–H and O–H groups in total. The van der Waals surface area contributed by atoms with Crippen LogP contribution in [0.2, 0.25) is 0 Å². The van der Waals surface area contributed by atoms with Gasteiger partial charge in [0.2, 0.25) is 11.8 Å². The van der Waals surface area contributed by atoms with Gasteiger partial charge in [-0.15, -0.1) is 11.6 Å². The minimum atomic E-state index is -0.736. The van der Waals surface area contributed by atoms with E-state index in [-0.39, 0.29) is 23.7 Å². The number of hydrogen-bond acceptors (Lipinski definition) is 3. The summed E-state index contributed by atoms with van der Waals surface area (Å²) in [5, 5.41) is 3.24. The Balaban J connectivity index is 1.78. The molecule has 5 nitrogen and oxygen atoms in total. The third kappa shape index (κ3) is 8.85. The van der Waals surface area contributed by atoms with Gasteiger partial charge in [-0.2, -0.15) is 0 Å². The number of benzene rings is 2. The second-order valence-corrected chi connectivity index (χ2v) is 9.95. The highest BCUT2D eigenvalue weighted by atomic mass is 35.5. The number of carbonyl (C=O) groups is 2. The van der Waals surface area contributed by atoms with Gasteiger partial charge in [0.1, 0.15) is 17.7 Å². The molecule has 0 heterocycles. The van der Waals surface area contributed by atoms with Crippen molar-refractivity contribution in [1.29, 1.82) is 0 Å². The van der Waals surface area contributed by atoms with E-state index in [0.717, 1.165) is 55.4 Å². The normalized spacial score (nSPS) is 14.7. The summed E-state index contributed by atoms with van der Waals surface area (Å²) >= 11 is 6.03. The molecule has 0 aliphatic heterocycles. The quantitative estimate of drug-likeness (QED) is 0.234. The highest BCUT2D eigenvalue weighted by molar-refractivity contribution is 6.27. The van der Waals surface area contributed by atoms with E-state index in [4.69, 9.17) is 16.3 Å². The third-order valence-corrected chi connectivity index (χ3v) is 7.12. The molecule has 0 aromatic heterocycles. The molecule has 0 bridgehead atoms. The fourth-order valence-corrected chi connectivity index (χ4v) is 4.99. The predicted octanol–water partition coefficient (Wildman–Crippen LogP) is 6.45. The van der Waals surface area contributed by atoms with Crippen molar-refractivity contribution >= 4 is 23.4 Å². The lowest BCUT2D eigenvalue weighted by molar-refractivity contribution is -0.139. The first-order valence-electron chi connectivity index (χ1n) is 13.5. The summed E-state index contributed by atoms with van der Waals surface area (Å²) in [7, 11) is 0. The lowest BCUT2D eigenvalue weighted by Crippen LogP contribution is -2.48. The Morgan fingerprint density at radius 2 is 1.72 bits per heavy atom. The molecule has 1 fully saturated rings. The Morgan fingerprint density at radius 3 is 2.39 bits per heavy atom. The zero-order valence-corrected chi connectivity index (χ0v) is 22.3. The summed E-state index contributed by atoms with van der Waals surface area (Å²) in [5.74, 6) is 0.233. The maximum Gasteiger partial charge on any atom is 0.247 e. The summed E-state index contributed by atoms with van der Waals surface area (Å²) in [6, 6.07) is 17.0. The van der Waals surface area contributed by atoms with Crippen LogP contribution in [0.25, 0.3) is 0 Å². The van der Waals surface area contributed by atoms with Gasteiger partial charge in [0.25, 0.3) is 0 Å². The van der Waals surface area contributed by atoms with Crippen molar-refractivity contribution in [2.45, 2.75) is 83.2 Å². The van der Waals surface area contributed by atoms with Crippen molar-refractivity contribution in [1.82, 2.24) is 10.2 Å². The van der Waals surface area contributed by atoms with Gasteiger partial charge in [-0.25, -0.2) is 0 Å². The van der Waals surface area contributed by atoms with E-state index in [9.17, 15) is 9.59 Å². The summed E-state index contributed by atoms with van der Waals surface area (Å²) in [6.45, 7) is 3.28. The number of amides is 2. The standard InChI is InChI=1S/C30H41ClN2O3/c1-2-3-4-11-22-36-27-18-16-25(17-19-27)29(30(35)32-26-14-9-6-10-15-26)33(28(34)23-31)21-20-24-12-7-5-8-13-24/h5,7-8,12-13,16-19,26,29H,2-4,6,9-11,14-15,20-23H2,1H3,(H,32,35)/t29-/m1/s1. The molecule has 1 aliphatic carbocycles. The SMILES string of the molecule is CCCCCCOc1ccc([C@H](C(=O)NC2CCCCC2)N(CCc2ccccc2)C(=O)CCl)cc1. The molecule has 0 saturated heterocycles. The van der Waals surface area contributed by atoms with E-state index in [1.165, 1.54) is 19.3 Å². The molecule has 36 heavy (non-hydrogen) atoms. The van der Waals surface area contributed by atoms with Crippen LogP contribution in [0.5, 0.6) is 5.75 Å². The van der Waals surface area contributed by atoms with Crippen molar-refractivity contribution in [2.75, 3.05) is 19.0 Å². The van der Waals surface area contributed by atoms with Crippen LogP contribution in [-0.2, 0) is 16.0 Å². The van der Waals surface area contributed by atoms with Gasteiger partial charge in [-0.1, -0.05) is 87.9 Å². The van der Waals surface area contributed by atoms with Gasteiger partial charge in [-0.3, -0.25) is 9.59 Å². The van der Waals surface area contributed by atoms with E-state index in [2.05, 4.69) is 12.2 Å². The first-order valence-corrected chi connectivity index (χ1v) is 14.1. The van der Waals surface area contributed by atoms with Gasteiger partial charge in [0.15, 0.2) is 0 Å². The molecule has 3 rings (SSSR count). The molecule has 1 saturated carbocycles. The van der Waals surface area contributed by atoms with E-state index < -0.39 is 6.04 Å². The Hall–Kier alpha value is -2.53. The third-order valence-electron chi connectivity index (χ3n) is 6.89. The van der Waals surface area contributed by atoms with Crippen LogP contribution in [0.1, 0.15) is 81.9 Å². The minimum absolute atomic E-state index is 0.137. The second kappa shape index (κ2) is 15.6. The number of ether oxygens (including phenoxy) is 1. The Bertz CT molecular complexity index is 914. The molecule has 2 aromatic rings. The monoisotopic (exact) mass is 512 g/mol. The fourth-order valence-electron chi connectivity index (χ4n) is 4.83. The zero-order chi connectivity index (χ0) is 25.6. The van der Waals surface area contributed by atoms with Gasteiger partial charge in [0, 0.05) is 12.6 Å². The van der Waals surface area contributed by atoms with Crippen LogP contribution in [0.4, 0.5) is 0 Å². The lowest BCUT2D eigenvalue weighted by Gasteiger charge is -2.33. The van der Waals surface area contributed by atoms with Crippen LogP contribution in [0, 0.1) is 0 Å². The maximum absolute atomic E-state index is 13.7. The van der Waals surface area contributed by atoms with Crippen LogP contribution in [-0.4, -0.2) is 41.8 Å². The van der Waals surface area contributed by atoms with Gasteiger partial charge in [0.05, 0.1) is 6.61 Å². The van der Waals surface area contributed by atoms with E-state index in [1.54, 1.807) is 4.90 Å². The molecular weight excluding hydrogens is 472 g/mol. The van der Waals surface area contributed by atoms with E-state index in [0.29, 0.717) is 19.6 Å². The molecule has 196 valence electrons. The summed E-state index contributed by atoms with van der Waals surface area (Å²) in [6.07, 6.45) is 10.7. The van der Waals surface area contributed by atoms with Crippen molar-refractivity contribution in [2.24, 2.45) is 0 Å².